The molecule has 5 nitrogen and oxygen atoms in total. The minimum absolute atomic E-state index is 0.229. The van der Waals surface area contributed by atoms with E-state index >= 15 is 0 Å². The molecular weight excluding hydrogens is 360 g/mol. The van der Waals surface area contributed by atoms with Crippen LogP contribution in [0.25, 0.3) is 0 Å². The zero-order valence-electron chi connectivity index (χ0n) is 15.5. The molecule has 1 heterocycles. The van der Waals surface area contributed by atoms with Crippen LogP contribution in [0.5, 0.6) is 0 Å². The molecule has 0 bridgehead atoms. The van der Waals surface area contributed by atoms with Gasteiger partial charge in [0.05, 0.1) is 18.3 Å². The van der Waals surface area contributed by atoms with Crippen LogP contribution in [0.4, 0.5) is 0 Å². The highest BCUT2D eigenvalue weighted by atomic mass is 35.5. The Morgan fingerprint density at radius 3 is 2.37 bits per heavy atom. The summed E-state index contributed by atoms with van der Waals surface area (Å²) in [6, 6.07) is 17.6. The molecule has 0 aliphatic carbocycles. The summed E-state index contributed by atoms with van der Waals surface area (Å²) in [7, 11) is 0. The average Bonchev–Trinajstić information content (AvgIpc) is 3.16. The van der Waals surface area contributed by atoms with Gasteiger partial charge >= 0.3 is 0 Å². The lowest BCUT2D eigenvalue weighted by molar-refractivity contribution is 0.0884. The molecule has 2 aromatic carbocycles. The van der Waals surface area contributed by atoms with E-state index in [1.807, 2.05) is 54.6 Å². The second-order valence-corrected chi connectivity index (χ2v) is 6.97. The summed E-state index contributed by atoms with van der Waals surface area (Å²) in [6.45, 7) is 4.69. The predicted octanol–water partition coefficient (Wildman–Crippen LogP) is 4.43. The van der Waals surface area contributed by atoms with Crippen molar-refractivity contribution in [3.05, 3.63) is 82.6 Å². The normalized spacial score (nSPS) is 11.4. The van der Waals surface area contributed by atoms with E-state index in [9.17, 15) is 4.79 Å². The molecule has 27 heavy (non-hydrogen) atoms. The van der Waals surface area contributed by atoms with Crippen molar-refractivity contribution in [2.24, 2.45) is 0 Å². The van der Waals surface area contributed by atoms with Gasteiger partial charge in [-0.15, -0.1) is 5.10 Å². The number of halogens is 1. The minimum Gasteiger partial charge on any atom is -0.341 e. The van der Waals surface area contributed by atoms with Crippen LogP contribution in [0, 0.1) is 0 Å². The van der Waals surface area contributed by atoms with Crippen LogP contribution < -0.4 is 5.32 Å². The third-order valence-corrected chi connectivity index (χ3v) is 5.17. The maximum absolute atomic E-state index is 12.8. The minimum atomic E-state index is -0.467. The Balaban J connectivity index is 1.77. The first kappa shape index (κ1) is 19.1. The lowest BCUT2D eigenvalue weighted by Crippen LogP contribution is -2.45. The molecule has 0 saturated carbocycles. The van der Waals surface area contributed by atoms with E-state index in [-0.39, 0.29) is 5.91 Å². The molecule has 0 aliphatic rings. The van der Waals surface area contributed by atoms with Gasteiger partial charge in [0.25, 0.3) is 5.91 Å². The summed E-state index contributed by atoms with van der Waals surface area (Å²) >= 11 is 6.01. The van der Waals surface area contributed by atoms with Crippen molar-refractivity contribution in [3.63, 3.8) is 0 Å². The third-order valence-electron chi connectivity index (χ3n) is 4.92. The van der Waals surface area contributed by atoms with Crippen LogP contribution in [0.2, 0.25) is 5.02 Å². The van der Waals surface area contributed by atoms with Gasteiger partial charge < -0.3 is 5.32 Å². The van der Waals surface area contributed by atoms with E-state index in [1.54, 1.807) is 10.9 Å². The number of carbonyl (C=O) groups excluding carboxylic acids is 1. The fraction of sp³-hybridized carbons (Fsp3) is 0.286. The van der Waals surface area contributed by atoms with Crippen molar-refractivity contribution in [2.45, 2.75) is 38.8 Å². The highest BCUT2D eigenvalue weighted by molar-refractivity contribution is 6.30. The second kappa shape index (κ2) is 8.35. The van der Waals surface area contributed by atoms with E-state index < -0.39 is 5.54 Å². The molecular formula is C21H23ClN4O. The number of amides is 1. The van der Waals surface area contributed by atoms with Crippen LogP contribution in [0.1, 0.15) is 48.3 Å². The molecule has 0 saturated heterocycles. The van der Waals surface area contributed by atoms with Crippen LogP contribution >= 0.6 is 11.6 Å². The highest BCUT2D eigenvalue weighted by Gasteiger charge is 2.31. The number of carbonyl (C=O) groups is 1. The summed E-state index contributed by atoms with van der Waals surface area (Å²) in [5, 5.41) is 12.0. The molecule has 0 aliphatic heterocycles. The smallest absolute Gasteiger partial charge is 0.274 e. The topological polar surface area (TPSA) is 59.8 Å². The lowest BCUT2D eigenvalue weighted by Gasteiger charge is -2.33. The summed E-state index contributed by atoms with van der Waals surface area (Å²) < 4.78 is 1.67. The van der Waals surface area contributed by atoms with Gasteiger partial charge in [0.2, 0.25) is 0 Å². The van der Waals surface area contributed by atoms with E-state index in [1.165, 1.54) is 0 Å². The first-order chi connectivity index (χ1) is 13.1. The van der Waals surface area contributed by atoms with Crippen molar-refractivity contribution in [3.8, 4) is 0 Å². The number of benzene rings is 2. The van der Waals surface area contributed by atoms with Crippen LogP contribution in [-0.4, -0.2) is 20.9 Å². The fourth-order valence-corrected chi connectivity index (χ4v) is 3.33. The molecule has 1 aromatic heterocycles. The van der Waals surface area contributed by atoms with Gasteiger partial charge in [-0.25, -0.2) is 4.68 Å². The van der Waals surface area contributed by atoms with Gasteiger partial charge in [-0.1, -0.05) is 73.1 Å². The maximum Gasteiger partial charge on any atom is 0.274 e. The Morgan fingerprint density at radius 1 is 1.07 bits per heavy atom. The number of rotatable bonds is 7. The quantitative estimate of drug-likeness (QED) is 0.657. The van der Waals surface area contributed by atoms with Crippen LogP contribution in [-0.2, 0) is 12.1 Å². The summed E-state index contributed by atoms with van der Waals surface area (Å²) in [6.07, 6.45) is 3.20. The van der Waals surface area contributed by atoms with Crippen molar-refractivity contribution in [2.75, 3.05) is 0 Å². The van der Waals surface area contributed by atoms with Gasteiger partial charge in [-0.2, -0.15) is 0 Å². The number of nitrogens with zero attached hydrogens (tertiary/aromatic N) is 3. The van der Waals surface area contributed by atoms with Gasteiger partial charge in [0.1, 0.15) is 0 Å². The Kier molecular flexibility index (Phi) is 5.91. The largest absolute Gasteiger partial charge is 0.341 e. The van der Waals surface area contributed by atoms with Crippen LogP contribution in [0.3, 0.4) is 0 Å². The fourth-order valence-electron chi connectivity index (χ4n) is 3.21. The summed E-state index contributed by atoms with van der Waals surface area (Å²) in [5.74, 6) is -0.229. The van der Waals surface area contributed by atoms with Crippen molar-refractivity contribution >= 4 is 17.5 Å². The van der Waals surface area contributed by atoms with Gasteiger partial charge in [-0.05, 0) is 36.1 Å². The zero-order valence-corrected chi connectivity index (χ0v) is 16.3. The number of nitrogens with one attached hydrogen (secondary N) is 1. The van der Waals surface area contributed by atoms with Gasteiger partial charge in [0, 0.05) is 5.02 Å². The number of hydrogen-bond donors (Lipinski definition) is 1. The lowest BCUT2D eigenvalue weighted by atomic mass is 9.84. The Morgan fingerprint density at radius 2 is 1.74 bits per heavy atom. The molecule has 6 heteroatoms. The number of hydrogen-bond acceptors (Lipinski definition) is 3. The molecule has 1 N–H and O–H groups in total. The number of aromatic nitrogens is 3. The van der Waals surface area contributed by atoms with Crippen molar-refractivity contribution in [1.82, 2.24) is 20.3 Å². The van der Waals surface area contributed by atoms with E-state index in [0.717, 1.165) is 24.0 Å². The first-order valence-electron chi connectivity index (χ1n) is 9.09. The van der Waals surface area contributed by atoms with Crippen molar-refractivity contribution in [1.29, 1.82) is 0 Å². The van der Waals surface area contributed by atoms with Gasteiger partial charge in [0.15, 0.2) is 5.69 Å². The summed E-state index contributed by atoms with van der Waals surface area (Å²) in [4.78, 5) is 12.8. The summed E-state index contributed by atoms with van der Waals surface area (Å²) in [5.41, 5.74) is 1.98. The SMILES string of the molecule is CCC(CC)(NC(=O)c1cn(Cc2ccccc2)nn1)c1ccc(Cl)cc1. The molecule has 140 valence electrons. The van der Waals surface area contributed by atoms with Crippen molar-refractivity contribution < 1.29 is 4.79 Å². The Hall–Kier alpha value is -2.66. The van der Waals surface area contributed by atoms with E-state index in [2.05, 4.69) is 29.5 Å². The maximum atomic E-state index is 12.8. The second-order valence-electron chi connectivity index (χ2n) is 6.54. The Labute approximate surface area is 164 Å². The first-order valence-corrected chi connectivity index (χ1v) is 9.46. The molecule has 1 amide bonds. The molecule has 0 spiro atoms. The molecule has 3 aromatic rings. The van der Waals surface area contributed by atoms with E-state index in [4.69, 9.17) is 11.6 Å². The monoisotopic (exact) mass is 382 g/mol. The van der Waals surface area contributed by atoms with Gasteiger partial charge in [-0.3, -0.25) is 4.79 Å². The molecule has 0 radical (unpaired) electrons. The highest BCUT2D eigenvalue weighted by Crippen LogP contribution is 2.30. The molecule has 0 unspecified atom stereocenters. The predicted molar refractivity (Wildman–Crippen MR) is 107 cm³/mol. The van der Waals surface area contributed by atoms with Crippen LogP contribution in [0.15, 0.2) is 60.8 Å². The third kappa shape index (κ3) is 4.37. The van der Waals surface area contributed by atoms with E-state index in [0.29, 0.717) is 17.3 Å². The molecule has 0 fully saturated rings. The standard InChI is InChI=1S/C21H23ClN4O/c1-3-21(4-2,17-10-12-18(22)13-11-17)23-20(27)19-15-26(25-24-19)14-16-8-6-5-7-9-16/h5-13,15H,3-4,14H2,1-2H3,(H,23,27). The average molecular weight is 383 g/mol. The molecule has 0 atom stereocenters. The zero-order chi connectivity index (χ0) is 19.3. The molecule has 3 rings (SSSR count). The Bertz CT molecular complexity index is 886.